The number of carbonyl (C=O) groups is 3. The van der Waals surface area contributed by atoms with E-state index in [-0.39, 0.29) is 0 Å². The average Bonchev–Trinajstić information content (AvgIpc) is 2.54. The molecule has 2 rings (SSSR count). The van der Waals surface area contributed by atoms with Gasteiger partial charge < -0.3 is 18.9 Å². The number of hydrogen-bond donors (Lipinski definition) is 0. The molecule has 1 heterocycles. The van der Waals surface area contributed by atoms with Crippen LogP contribution in [0.25, 0.3) is 0 Å². The molecule has 0 aromatic heterocycles. The maximum absolute atomic E-state index is 11.7. The van der Waals surface area contributed by atoms with Gasteiger partial charge in [-0.1, -0.05) is 23.7 Å². The number of ether oxygens (including phenoxy) is 4. The molecule has 0 spiro atoms. The van der Waals surface area contributed by atoms with Crippen LogP contribution >= 0.6 is 11.6 Å². The SMILES string of the molecule is CC(=O)O[C@@H]1[C@@H](OC(C)=O)[C@H](c2ccc(C)c(Cl)c2)O[C@H](C)[C@H]1OC(C)=O. The van der Waals surface area contributed by atoms with Gasteiger partial charge in [-0.2, -0.15) is 0 Å². The van der Waals surface area contributed by atoms with Crippen LogP contribution in [0.4, 0.5) is 0 Å². The van der Waals surface area contributed by atoms with Gasteiger partial charge in [-0.3, -0.25) is 14.4 Å². The minimum Gasteiger partial charge on any atom is -0.456 e. The van der Waals surface area contributed by atoms with Crippen molar-refractivity contribution in [1.29, 1.82) is 0 Å². The summed E-state index contributed by atoms with van der Waals surface area (Å²) in [5, 5.41) is 0.525. The van der Waals surface area contributed by atoms with Gasteiger partial charge in [0.15, 0.2) is 18.3 Å². The van der Waals surface area contributed by atoms with Gasteiger partial charge in [0.25, 0.3) is 0 Å². The van der Waals surface area contributed by atoms with Crippen molar-refractivity contribution in [3.8, 4) is 0 Å². The van der Waals surface area contributed by atoms with Crippen molar-refractivity contribution < 1.29 is 33.3 Å². The van der Waals surface area contributed by atoms with Crippen LogP contribution in [0, 0.1) is 6.92 Å². The number of aryl methyl sites for hydroxylation is 1. The minimum atomic E-state index is -1.02. The van der Waals surface area contributed by atoms with Crippen LogP contribution in [0.3, 0.4) is 0 Å². The quantitative estimate of drug-likeness (QED) is 0.569. The lowest BCUT2D eigenvalue weighted by Crippen LogP contribution is -2.57. The predicted molar refractivity (Wildman–Crippen MR) is 96.1 cm³/mol. The van der Waals surface area contributed by atoms with E-state index in [0.29, 0.717) is 10.6 Å². The molecule has 0 aliphatic carbocycles. The van der Waals surface area contributed by atoms with E-state index in [9.17, 15) is 14.4 Å². The molecule has 0 amide bonds. The highest BCUT2D eigenvalue weighted by atomic mass is 35.5. The van der Waals surface area contributed by atoms with Crippen molar-refractivity contribution in [2.45, 2.75) is 65.1 Å². The lowest BCUT2D eigenvalue weighted by molar-refractivity contribution is -0.245. The maximum Gasteiger partial charge on any atom is 0.303 e. The van der Waals surface area contributed by atoms with Crippen molar-refractivity contribution in [2.24, 2.45) is 0 Å². The summed E-state index contributed by atoms with van der Waals surface area (Å²) in [5.41, 5.74) is 1.53. The number of hydrogen-bond acceptors (Lipinski definition) is 7. The molecule has 1 aliphatic rings. The number of benzene rings is 1. The zero-order valence-electron chi connectivity index (χ0n) is 15.9. The fourth-order valence-corrected chi connectivity index (χ4v) is 3.26. The van der Waals surface area contributed by atoms with Crippen LogP contribution in [-0.2, 0) is 33.3 Å². The molecule has 7 nitrogen and oxygen atoms in total. The Morgan fingerprint density at radius 2 is 1.44 bits per heavy atom. The van der Waals surface area contributed by atoms with Crippen LogP contribution in [0.1, 0.15) is 44.9 Å². The van der Waals surface area contributed by atoms with Gasteiger partial charge in [0.2, 0.25) is 0 Å². The second kappa shape index (κ2) is 8.71. The van der Waals surface area contributed by atoms with E-state index >= 15 is 0 Å². The Morgan fingerprint density at radius 1 is 0.926 bits per heavy atom. The van der Waals surface area contributed by atoms with Gasteiger partial charge >= 0.3 is 17.9 Å². The van der Waals surface area contributed by atoms with Crippen LogP contribution in [-0.4, -0.2) is 42.3 Å². The molecule has 1 fully saturated rings. The second-order valence-electron chi connectivity index (χ2n) is 6.49. The molecule has 0 radical (unpaired) electrons. The van der Waals surface area contributed by atoms with Crippen molar-refractivity contribution in [1.82, 2.24) is 0 Å². The summed E-state index contributed by atoms with van der Waals surface area (Å²) < 4.78 is 22.1. The lowest BCUT2D eigenvalue weighted by Gasteiger charge is -2.44. The Kier molecular flexibility index (Phi) is 6.84. The third-order valence-corrected chi connectivity index (χ3v) is 4.61. The smallest absolute Gasteiger partial charge is 0.303 e. The van der Waals surface area contributed by atoms with Crippen LogP contribution in [0.2, 0.25) is 5.02 Å². The fraction of sp³-hybridized carbons (Fsp3) is 0.526. The monoisotopic (exact) mass is 398 g/mol. The summed E-state index contributed by atoms with van der Waals surface area (Å²) in [5.74, 6) is -1.74. The number of esters is 3. The van der Waals surface area contributed by atoms with Crippen molar-refractivity contribution >= 4 is 29.5 Å². The predicted octanol–water partition coefficient (Wildman–Crippen LogP) is 2.90. The van der Waals surface area contributed by atoms with E-state index in [0.717, 1.165) is 5.56 Å². The van der Waals surface area contributed by atoms with Gasteiger partial charge in [-0.05, 0) is 31.0 Å². The third kappa shape index (κ3) is 5.20. The molecule has 1 aliphatic heterocycles. The molecular formula is C19H23ClO7. The molecule has 0 unspecified atom stereocenters. The van der Waals surface area contributed by atoms with Crippen molar-refractivity contribution in [3.05, 3.63) is 34.3 Å². The Bertz CT molecular complexity index is 733. The largest absolute Gasteiger partial charge is 0.456 e. The molecule has 148 valence electrons. The van der Waals surface area contributed by atoms with E-state index in [2.05, 4.69) is 0 Å². The standard InChI is InChI=1S/C19H23ClO7/c1-9-6-7-14(8-15(9)20)17-19(27-13(5)23)18(26-12(4)22)16(10(2)24-17)25-11(3)21/h6-8,10,16-19H,1-5H3/t10-,16-,17+,18+,19+/m1/s1. The van der Waals surface area contributed by atoms with Crippen LogP contribution in [0.15, 0.2) is 18.2 Å². The molecule has 0 bridgehead atoms. The fourth-order valence-electron chi connectivity index (χ4n) is 3.07. The summed E-state index contributed by atoms with van der Waals surface area (Å²) in [6.07, 6.45) is -4.32. The number of halogens is 1. The Hall–Kier alpha value is -2.12. The lowest BCUT2D eigenvalue weighted by atomic mass is 9.90. The van der Waals surface area contributed by atoms with E-state index < -0.39 is 48.4 Å². The zero-order chi connectivity index (χ0) is 20.3. The van der Waals surface area contributed by atoms with Crippen molar-refractivity contribution in [2.75, 3.05) is 0 Å². The number of rotatable bonds is 4. The number of carbonyl (C=O) groups excluding carboxylic acids is 3. The Labute approximate surface area is 162 Å². The van der Waals surface area contributed by atoms with Gasteiger partial charge in [0.05, 0.1) is 6.10 Å². The molecule has 1 aromatic rings. The van der Waals surface area contributed by atoms with Crippen LogP contribution in [0.5, 0.6) is 0 Å². The molecular weight excluding hydrogens is 376 g/mol. The Balaban J connectivity index is 2.48. The van der Waals surface area contributed by atoms with Gasteiger partial charge in [-0.15, -0.1) is 0 Å². The third-order valence-electron chi connectivity index (χ3n) is 4.20. The van der Waals surface area contributed by atoms with Crippen molar-refractivity contribution in [3.63, 3.8) is 0 Å². The normalized spacial score (nSPS) is 27.6. The summed E-state index contributed by atoms with van der Waals surface area (Å²) in [7, 11) is 0. The molecule has 1 aromatic carbocycles. The Morgan fingerprint density at radius 3 is 1.96 bits per heavy atom. The molecule has 5 atom stereocenters. The van der Waals surface area contributed by atoms with E-state index in [1.807, 2.05) is 13.0 Å². The van der Waals surface area contributed by atoms with Gasteiger partial charge in [0, 0.05) is 25.8 Å². The molecule has 1 saturated heterocycles. The van der Waals surface area contributed by atoms with Crippen LogP contribution < -0.4 is 0 Å². The highest BCUT2D eigenvalue weighted by Gasteiger charge is 2.50. The minimum absolute atomic E-state index is 0.525. The average molecular weight is 399 g/mol. The van der Waals surface area contributed by atoms with E-state index in [4.69, 9.17) is 30.5 Å². The molecule has 8 heteroatoms. The highest BCUT2D eigenvalue weighted by molar-refractivity contribution is 6.31. The first-order valence-corrected chi connectivity index (χ1v) is 8.91. The van der Waals surface area contributed by atoms with E-state index in [1.165, 1.54) is 20.8 Å². The first-order chi connectivity index (χ1) is 12.6. The summed E-state index contributed by atoms with van der Waals surface area (Å²) in [6.45, 7) is 7.26. The van der Waals surface area contributed by atoms with Gasteiger partial charge in [-0.25, -0.2) is 0 Å². The molecule has 0 N–H and O–H groups in total. The second-order valence-corrected chi connectivity index (χ2v) is 6.90. The topological polar surface area (TPSA) is 88.1 Å². The summed E-state index contributed by atoms with van der Waals surface area (Å²) >= 11 is 6.22. The van der Waals surface area contributed by atoms with E-state index in [1.54, 1.807) is 19.1 Å². The van der Waals surface area contributed by atoms with Gasteiger partial charge in [0.1, 0.15) is 6.10 Å². The summed E-state index contributed by atoms with van der Waals surface area (Å²) in [4.78, 5) is 34.9. The first-order valence-electron chi connectivity index (χ1n) is 8.53. The molecule has 0 saturated carbocycles. The zero-order valence-corrected chi connectivity index (χ0v) is 16.6. The molecule has 27 heavy (non-hydrogen) atoms. The summed E-state index contributed by atoms with van der Waals surface area (Å²) in [6, 6.07) is 5.32. The highest BCUT2D eigenvalue weighted by Crippen LogP contribution is 2.38. The maximum atomic E-state index is 11.7. The first kappa shape index (κ1) is 21.2.